The lowest BCUT2D eigenvalue weighted by molar-refractivity contribution is -0.137. The third-order valence-electron chi connectivity index (χ3n) is 3.31. The van der Waals surface area contributed by atoms with Gasteiger partial charge < -0.3 is 15.2 Å². The molecule has 0 aliphatic heterocycles. The molecular formula is C17H13ClF3NO4. The van der Waals surface area contributed by atoms with E-state index in [4.69, 9.17) is 21.4 Å². The van der Waals surface area contributed by atoms with Crippen molar-refractivity contribution in [3.63, 3.8) is 0 Å². The summed E-state index contributed by atoms with van der Waals surface area (Å²) < 4.78 is 43.2. The van der Waals surface area contributed by atoms with E-state index >= 15 is 0 Å². The van der Waals surface area contributed by atoms with Crippen LogP contribution in [0.1, 0.15) is 22.8 Å². The third kappa shape index (κ3) is 4.89. The number of halogens is 4. The van der Waals surface area contributed by atoms with Gasteiger partial charge in [0.1, 0.15) is 5.75 Å². The lowest BCUT2D eigenvalue weighted by Gasteiger charge is -2.15. The Bertz CT molecular complexity index is 822. The van der Waals surface area contributed by atoms with Crippen LogP contribution >= 0.6 is 11.6 Å². The molecule has 2 rings (SSSR count). The van der Waals surface area contributed by atoms with Crippen LogP contribution in [0.25, 0.3) is 0 Å². The van der Waals surface area contributed by atoms with Gasteiger partial charge in [-0.1, -0.05) is 11.6 Å². The van der Waals surface area contributed by atoms with Crippen LogP contribution in [-0.2, 0) is 15.7 Å². The van der Waals surface area contributed by atoms with E-state index in [1.807, 2.05) is 0 Å². The number of nitrogens with one attached hydrogen (secondary N) is 1. The molecule has 0 heterocycles. The van der Waals surface area contributed by atoms with Gasteiger partial charge in [-0.05, 0) is 49.4 Å². The molecule has 0 bridgehead atoms. The monoisotopic (exact) mass is 387 g/mol. The summed E-state index contributed by atoms with van der Waals surface area (Å²) in [5, 5.41) is 11.3. The van der Waals surface area contributed by atoms with Crippen LogP contribution in [0.15, 0.2) is 42.5 Å². The predicted octanol–water partition coefficient (Wildman–Crippen LogP) is 4.25. The van der Waals surface area contributed by atoms with Crippen LogP contribution in [0, 0.1) is 0 Å². The van der Waals surface area contributed by atoms with E-state index in [9.17, 15) is 22.8 Å². The first-order valence-electron chi connectivity index (χ1n) is 7.25. The highest BCUT2D eigenvalue weighted by atomic mass is 35.5. The van der Waals surface area contributed by atoms with Crippen molar-refractivity contribution in [2.75, 3.05) is 5.32 Å². The molecule has 0 unspecified atom stereocenters. The fourth-order valence-electron chi connectivity index (χ4n) is 1.91. The third-order valence-corrected chi connectivity index (χ3v) is 3.64. The van der Waals surface area contributed by atoms with E-state index < -0.39 is 29.7 Å². The molecule has 0 spiro atoms. The predicted molar refractivity (Wildman–Crippen MR) is 88.1 cm³/mol. The van der Waals surface area contributed by atoms with Gasteiger partial charge >= 0.3 is 12.1 Å². The molecule has 138 valence electrons. The van der Waals surface area contributed by atoms with Crippen molar-refractivity contribution >= 4 is 29.2 Å². The number of benzene rings is 2. The molecule has 0 aliphatic rings. The second-order valence-electron chi connectivity index (χ2n) is 5.28. The number of carbonyl (C=O) groups excluding carboxylic acids is 2. The van der Waals surface area contributed by atoms with Crippen molar-refractivity contribution in [3.05, 3.63) is 58.6 Å². The number of phenols is 1. The quantitative estimate of drug-likeness (QED) is 0.769. The van der Waals surface area contributed by atoms with Gasteiger partial charge in [-0.15, -0.1) is 0 Å². The minimum atomic E-state index is -4.60. The summed E-state index contributed by atoms with van der Waals surface area (Å²) in [7, 11) is 0. The number of alkyl halides is 3. The fourth-order valence-corrected chi connectivity index (χ4v) is 2.08. The molecule has 0 aromatic heterocycles. The molecule has 5 nitrogen and oxygen atoms in total. The topological polar surface area (TPSA) is 75.6 Å². The number of rotatable bonds is 4. The van der Waals surface area contributed by atoms with Crippen LogP contribution in [0.3, 0.4) is 0 Å². The normalized spacial score (nSPS) is 12.3. The van der Waals surface area contributed by atoms with Crippen molar-refractivity contribution in [2.45, 2.75) is 19.2 Å². The first kappa shape index (κ1) is 19.6. The SMILES string of the molecule is C[C@@H](OC(=O)c1ccc(O)cc1)C(=O)Nc1cc(C(F)(F)F)ccc1Cl. The second kappa shape index (κ2) is 7.65. The van der Waals surface area contributed by atoms with Crippen LogP contribution in [0.2, 0.25) is 5.02 Å². The van der Waals surface area contributed by atoms with Crippen molar-refractivity contribution in [1.82, 2.24) is 0 Å². The number of amides is 1. The Kier molecular flexibility index (Phi) is 5.76. The number of hydrogen-bond donors (Lipinski definition) is 2. The summed E-state index contributed by atoms with van der Waals surface area (Å²) in [5.74, 6) is -1.73. The lowest BCUT2D eigenvalue weighted by Crippen LogP contribution is -2.30. The highest BCUT2D eigenvalue weighted by molar-refractivity contribution is 6.33. The molecule has 1 atom stereocenters. The molecule has 0 aliphatic carbocycles. The first-order chi connectivity index (χ1) is 12.1. The van der Waals surface area contributed by atoms with Crippen LogP contribution in [0.4, 0.5) is 18.9 Å². The number of hydrogen-bond acceptors (Lipinski definition) is 4. The highest BCUT2D eigenvalue weighted by Gasteiger charge is 2.31. The molecule has 0 fully saturated rings. The van der Waals surface area contributed by atoms with E-state index in [2.05, 4.69) is 5.32 Å². The standard InChI is InChI=1S/C17H13ClF3NO4/c1-9(26-16(25)10-2-5-12(23)6-3-10)15(24)22-14-8-11(17(19,20)21)4-7-13(14)18/h2-9,23H,1H3,(H,22,24)/t9-/m1/s1. The zero-order chi connectivity index (χ0) is 19.5. The Balaban J connectivity index is 2.07. The smallest absolute Gasteiger partial charge is 0.416 e. The number of esters is 1. The van der Waals surface area contributed by atoms with Gasteiger partial charge in [0.15, 0.2) is 6.10 Å². The Morgan fingerprint density at radius 2 is 1.77 bits per heavy atom. The summed E-state index contributed by atoms with van der Waals surface area (Å²) in [6.07, 6.45) is -5.89. The molecule has 0 radical (unpaired) electrons. The molecule has 1 amide bonds. The molecule has 2 aromatic rings. The van der Waals surface area contributed by atoms with Gasteiger partial charge in [0.2, 0.25) is 0 Å². The summed E-state index contributed by atoms with van der Waals surface area (Å²) >= 11 is 5.80. The zero-order valence-electron chi connectivity index (χ0n) is 13.3. The number of phenolic OH excluding ortho intramolecular Hbond substituents is 1. The number of carbonyl (C=O) groups is 2. The molecule has 9 heteroatoms. The molecular weight excluding hydrogens is 375 g/mol. The van der Waals surface area contributed by atoms with E-state index in [1.54, 1.807) is 0 Å². The number of aromatic hydroxyl groups is 1. The zero-order valence-corrected chi connectivity index (χ0v) is 14.1. The first-order valence-corrected chi connectivity index (χ1v) is 7.63. The maximum atomic E-state index is 12.7. The molecule has 0 saturated carbocycles. The largest absolute Gasteiger partial charge is 0.508 e. The average Bonchev–Trinajstić information content (AvgIpc) is 2.56. The minimum Gasteiger partial charge on any atom is -0.508 e. The highest BCUT2D eigenvalue weighted by Crippen LogP contribution is 2.33. The van der Waals surface area contributed by atoms with Crippen LogP contribution in [-0.4, -0.2) is 23.1 Å². The van der Waals surface area contributed by atoms with Crippen LogP contribution < -0.4 is 5.32 Å². The molecule has 2 aromatic carbocycles. The van der Waals surface area contributed by atoms with Crippen molar-refractivity contribution in [3.8, 4) is 5.75 Å². The van der Waals surface area contributed by atoms with Gasteiger partial charge in [0, 0.05) is 0 Å². The van der Waals surface area contributed by atoms with Gasteiger partial charge in [-0.3, -0.25) is 4.79 Å². The lowest BCUT2D eigenvalue weighted by atomic mass is 10.2. The maximum absolute atomic E-state index is 12.7. The van der Waals surface area contributed by atoms with Crippen molar-refractivity contribution < 1.29 is 32.6 Å². The fraction of sp³-hybridized carbons (Fsp3) is 0.176. The van der Waals surface area contributed by atoms with Gasteiger partial charge in [0.05, 0.1) is 21.8 Å². The van der Waals surface area contributed by atoms with E-state index in [0.717, 1.165) is 12.1 Å². The summed E-state index contributed by atoms with van der Waals surface area (Å²) in [6.45, 7) is 1.26. The van der Waals surface area contributed by atoms with E-state index in [1.165, 1.54) is 31.2 Å². The summed E-state index contributed by atoms with van der Waals surface area (Å²) in [6, 6.07) is 7.61. The Morgan fingerprint density at radius 3 is 2.35 bits per heavy atom. The van der Waals surface area contributed by atoms with Gasteiger partial charge in [-0.25, -0.2) is 4.79 Å². The second-order valence-corrected chi connectivity index (χ2v) is 5.68. The summed E-state index contributed by atoms with van der Waals surface area (Å²) in [4.78, 5) is 24.0. The Morgan fingerprint density at radius 1 is 1.15 bits per heavy atom. The van der Waals surface area contributed by atoms with E-state index in [0.29, 0.717) is 6.07 Å². The Labute approximate surface area is 151 Å². The number of ether oxygens (including phenoxy) is 1. The van der Waals surface area contributed by atoms with Crippen molar-refractivity contribution in [2.24, 2.45) is 0 Å². The maximum Gasteiger partial charge on any atom is 0.416 e. The number of anilines is 1. The molecule has 2 N–H and O–H groups in total. The molecule has 0 saturated heterocycles. The Hall–Kier alpha value is -2.74. The van der Waals surface area contributed by atoms with E-state index in [-0.39, 0.29) is 22.0 Å². The summed E-state index contributed by atoms with van der Waals surface area (Å²) in [5.41, 5.74) is -1.13. The minimum absolute atomic E-state index is 0.0495. The van der Waals surface area contributed by atoms with Gasteiger partial charge in [-0.2, -0.15) is 13.2 Å². The van der Waals surface area contributed by atoms with Crippen LogP contribution in [0.5, 0.6) is 5.75 Å². The average molecular weight is 388 g/mol. The van der Waals surface area contributed by atoms with Crippen molar-refractivity contribution in [1.29, 1.82) is 0 Å². The van der Waals surface area contributed by atoms with Gasteiger partial charge in [0.25, 0.3) is 5.91 Å². The molecule has 26 heavy (non-hydrogen) atoms.